The van der Waals surface area contributed by atoms with Crippen molar-refractivity contribution in [3.05, 3.63) is 24.5 Å². The molecule has 4 heteroatoms. The molecule has 0 aliphatic carbocycles. The monoisotopic (exact) mass is 195 g/mol. The van der Waals surface area contributed by atoms with E-state index in [4.69, 9.17) is 0 Å². The predicted molar refractivity (Wildman–Crippen MR) is 54.0 cm³/mol. The Morgan fingerprint density at radius 2 is 2.36 bits per heavy atom. The summed E-state index contributed by atoms with van der Waals surface area (Å²) < 4.78 is 13.6. The van der Waals surface area contributed by atoms with Gasteiger partial charge in [0, 0.05) is 25.8 Å². The van der Waals surface area contributed by atoms with Gasteiger partial charge in [0.1, 0.15) is 0 Å². The molecule has 1 fully saturated rings. The molecule has 0 N–H and O–H groups in total. The molecule has 1 aromatic rings. The summed E-state index contributed by atoms with van der Waals surface area (Å²) in [6.07, 6.45) is 2.49. The van der Waals surface area contributed by atoms with Gasteiger partial charge in [0.15, 0.2) is 6.30 Å². The molecule has 1 unspecified atom stereocenters. The van der Waals surface area contributed by atoms with Crippen molar-refractivity contribution in [2.75, 3.05) is 31.6 Å². The summed E-state index contributed by atoms with van der Waals surface area (Å²) in [5, 5.41) is 0. The Morgan fingerprint density at radius 1 is 1.50 bits per heavy atom. The molecule has 0 radical (unpaired) electrons. The molecule has 1 aliphatic heterocycles. The number of likely N-dealkylation sites (N-methyl/N-ethyl adjacent to an activating group) is 1. The van der Waals surface area contributed by atoms with E-state index in [2.05, 4.69) is 4.98 Å². The van der Waals surface area contributed by atoms with Gasteiger partial charge in [-0.05, 0) is 19.2 Å². The first kappa shape index (κ1) is 9.40. The number of hydrogen-bond acceptors (Lipinski definition) is 3. The lowest BCUT2D eigenvalue weighted by Crippen LogP contribution is -2.49. The van der Waals surface area contributed by atoms with Crippen molar-refractivity contribution in [1.29, 1.82) is 0 Å². The number of hydrogen-bond donors (Lipinski definition) is 0. The zero-order chi connectivity index (χ0) is 9.97. The Bertz CT molecular complexity index is 291. The van der Waals surface area contributed by atoms with Gasteiger partial charge >= 0.3 is 0 Å². The molecule has 1 atom stereocenters. The van der Waals surface area contributed by atoms with Crippen molar-refractivity contribution in [3.63, 3.8) is 0 Å². The van der Waals surface area contributed by atoms with Crippen LogP contribution in [0.2, 0.25) is 0 Å². The zero-order valence-electron chi connectivity index (χ0n) is 8.23. The zero-order valence-corrected chi connectivity index (χ0v) is 8.23. The molecule has 0 spiro atoms. The first-order chi connectivity index (χ1) is 6.77. The summed E-state index contributed by atoms with van der Waals surface area (Å²) in [5.41, 5.74) is 0.869. The van der Waals surface area contributed by atoms with Gasteiger partial charge in [0.25, 0.3) is 0 Å². The predicted octanol–water partition coefficient (Wildman–Crippen LogP) is 1.13. The number of halogens is 1. The van der Waals surface area contributed by atoms with Crippen molar-refractivity contribution in [1.82, 2.24) is 9.88 Å². The lowest BCUT2D eigenvalue weighted by Gasteiger charge is -2.36. The molecule has 0 amide bonds. The molecule has 0 bridgehead atoms. The average Bonchev–Trinajstić information content (AvgIpc) is 2.19. The second-order valence-electron chi connectivity index (χ2n) is 3.60. The van der Waals surface area contributed by atoms with Crippen LogP contribution in [0.5, 0.6) is 0 Å². The van der Waals surface area contributed by atoms with Gasteiger partial charge in [-0.25, -0.2) is 4.39 Å². The third kappa shape index (κ3) is 1.85. The summed E-state index contributed by atoms with van der Waals surface area (Å²) in [6.45, 7) is 2.09. The molecular formula is C10H14FN3. The number of aromatic nitrogens is 1. The summed E-state index contributed by atoms with van der Waals surface area (Å²) in [5.74, 6) is 0. The van der Waals surface area contributed by atoms with Crippen LogP contribution in [0, 0.1) is 0 Å². The standard InChI is InChI=1S/C10H14FN3/c1-13-5-6-14(10(11)8-13)9-3-2-4-12-7-9/h2-4,7,10H,5-6,8H2,1H3. The van der Waals surface area contributed by atoms with E-state index in [1.807, 2.05) is 24.1 Å². The fourth-order valence-electron chi connectivity index (χ4n) is 1.68. The number of alkyl halides is 1. The highest BCUT2D eigenvalue weighted by atomic mass is 19.1. The van der Waals surface area contributed by atoms with Gasteiger partial charge < -0.3 is 4.90 Å². The minimum absolute atomic E-state index is 0.467. The lowest BCUT2D eigenvalue weighted by molar-refractivity contribution is 0.178. The van der Waals surface area contributed by atoms with E-state index in [9.17, 15) is 4.39 Å². The second kappa shape index (κ2) is 3.92. The molecular weight excluding hydrogens is 181 g/mol. The van der Waals surface area contributed by atoms with Crippen molar-refractivity contribution in [2.45, 2.75) is 6.30 Å². The first-order valence-electron chi connectivity index (χ1n) is 4.76. The van der Waals surface area contributed by atoms with E-state index < -0.39 is 6.30 Å². The molecule has 2 heterocycles. The largest absolute Gasteiger partial charge is 0.338 e. The summed E-state index contributed by atoms with van der Waals surface area (Å²) in [6, 6.07) is 3.73. The molecule has 2 rings (SSSR count). The fourth-order valence-corrected chi connectivity index (χ4v) is 1.68. The minimum atomic E-state index is -0.919. The molecule has 0 saturated carbocycles. The van der Waals surface area contributed by atoms with Crippen LogP contribution in [-0.2, 0) is 0 Å². The smallest absolute Gasteiger partial charge is 0.185 e. The highest BCUT2D eigenvalue weighted by molar-refractivity contribution is 5.44. The molecule has 76 valence electrons. The SMILES string of the molecule is CN1CCN(c2cccnc2)C(F)C1. The van der Waals surface area contributed by atoms with Gasteiger partial charge in [-0.1, -0.05) is 0 Å². The summed E-state index contributed by atoms with van der Waals surface area (Å²) >= 11 is 0. The summed E-state index contributed by atoms with van der Waals surface area (Å²) in [4.78, 5) is 7.75. The van der Waals surface area contributed by atoms with E-state index in [1.54, 1.807) is 17.3 Å². The van der Waals surface area contributed by atoms with Crippen LogP contribution in [0.15, 0.2) is 24.5 Å². The fraction of sp³-hybridized carbons (Fsp3) is 0.500. The molecule has 1 aliphatic rings. The van der Waals surface area contributed by atoms with Crippen LogP contribution in [0.4, 0.5) is 10.1 Å². The van der Waals surface area contributed by atoms with E-state index >= 15 is 0 Å². The van der Waals surface area contributed by atoms with Gasteiger partial charge in [0.2, 0.25) is 0 Å². The van der Waals surface area contributed by atoms with Gasteiger partial charge in [0.05, 0.1) is 11.9 Å². The number of pyridine rings is 1. The molecule has 1 saturated heterocycles. The first-order valence-corrected chi connectivity index (χ1v) is 4.76. The van der Waals surface area contributed by atoms with E-state index in [-0.39, 0.29) is 0 Å². The van der Waals surface area contributed by atoms with Crippen molar-refractivity contribution >= 4 is 5.69 Å². The minimum Gasteiger partial charge on any atom is -0.338 e. The number of rotatable bonds is 1. The Labute approximate surface area is 83.2 Å². The Morgan fingerprint density at radius 3 is 3.00 bits per heavy atom. The molecule has 1 aromatic heterocycles. The van der Waals surface area contributed by atoms with Crippen LogP contribution in [0.25, 0.3) is 0 Å². The number of piperazine rings is 1. The number of anilines is 1. The maximum absolute atomic E-state index is 13.6. The van der Waals surface area contributed by atoms with Gasteiger partial charge in [-0.3, -0.25) is 9.88 Å². The van der Waals surface area contributed by atoms with Crippen LogP contribution in [0.1, 0.15) is 0 Å². The van der Waals surface area contributed by atoms with E-state index in [0.717, 1.165) is 18.8 Å². The number of nitrogens with zero attached hydrogens (tertiary/aromatic N) is 3. The Hall–Kier alpha value is -1.16. The van der Waals surface area contributed by atoms with Crippen LogP contribution >= 0.6 is 0 Å². The maximum atomic E-state index is 13.6. The summed E-state index contributed by atoms with van der Waals surface area (Å²) in [7, 11) is 1.94. The topological polar surface area (TPSA) is 19.4 Å². The van der Waals surface area contributed by atoms with Crippen molar-refractivity contribution in [2.24, 2.45) is 0 Å². The Balaban J connectivity index is 2.12. The third-order valence-corrected chi connectivity index (χ3v) is 2.50. The highest BCUT2D eigenvalue weighted by Crippen LogP contribution is 2.19. The average molecular weight is 195 g/mol. The van der Waals surface area contributed by atoms with Crippen LogP contribution in [0.3, 0.4) is 0 Å². The Kier molecular flexibility index (Phi) is 2.63. The van der Waals surface area contributed by atoms with E-state index in [1.165, 1.54) is 0 Å². The normalized spacial score (nSPS) is 23.9. The molecule has 14 heavy (non-hydrogen) atoms. The van der Waals surface area contributed by atoms with Gasteiger partial charge in [-0.2, -0.15) is 0 Å². The third-order valence-electron chi connectivity index (χ3n) is 2.50. The maximum Gasteiger partial charge on any atom is 0.185 e. The molecule has 0 aromatic carbocycles. The van der Waals surface area contributed by atoms with Gasteiger partial charge in [-0.15, -0.1) is 0 Å². The lowest BCUT2D eigenvalue weighted by atomic mass is 10.3. The highest BCUT2D eigenvalue weighted by Gasteiger charge is 2.24. The van der Waals surface area contributed by atoms with E-state index in [0.29, 0.717) is 6.54 Å². The van der Waals surface area contributed by atoms with Crippen LogP contribution < -0.4 is 4.90 Å². The van der Waals surface area contributed by atoms with Crippen molar-refractivity contribution in [3.8, 4) is 0 Å². The van der Waals surface area contributed by atoms with Crippen molar-refractivity contribution < 1.29 is 4.39 Å². The second-order valence-corrected chi connectivity index (χ2v) is 3.60. The van der Waals surface area contributed by atoms with Crippen LogP contribution in [-0.4, -0.2) is 42.9 Å². The molecule has 3 nitrogen and oxygen atoms in total. The quantitative estimate of drug-likeness (QED) is 0.626.